The fraction of sp³-hybridized carbons (Fsp3) is 0.526. The van der Waals surface area contributed by atoms with E-state index in [9.17, 15) is 13.2 Å². The van der Waals surface area contributed by atoms with Crippen LogP contribution in [0, 0.1) is 13.8 Å². The van der Waals surface area contributed by atoms with Crippen LogP contribution in [-0.4, -0.2) is 44.6 Å². The van der Waals surface area contributed by atoms with Crippen molar-refractivity contribution in [3.05, 3.63) is 35.1 Å². The van der Waals surface area contributed by atoms with Crippen LogP contribution in [0.1, 0.15) is 36.0 Å². The summed E-state index contributed by atoms with van der Waals surface area (Å²) in [4.78, 5) is 14.7. The molecule has 3 rings (SSSR count). The van der Waals surface area contributed by atoms with Gasteiger partial charge in [0.05, 0.1) is 18.9 Å². The third kappa shape index (κ3) is 4.10. The number of rotatable bonds is 5. The van der Waals surface area contributed by atoms with Gasteiger partial charge in [-0.1, -0.05) is 12.1 Å². The van der Waals surface area contributed by atoms with Crippen LogP contribution >= 0.6 is 0 Å². The molecule has 1 atom stereocenters. The highest BCUT2D eigenvalue weighted by molar-refractivity contribution is 7.88. The summed E-state index contributed by atoms with van der Waals surface area (Å²) >= 11 is 0. The molecule has 1 aromatic heterocycles. The predicted octanol–water partition coefficient (Wildman–Crippen LogP) is 2.52. The number of piperidine rings is 1. The van der Waals surface area contributed by atoms with Gasteiger partial charge in [0.2, 0.25) is 15.9 Å². The molecule has 1 unspecified atom stereocenters. The maximum absolute atomic E-state index is 12.9. The van der Waals surface area contributed by atoms with Crippen LogP contribution in [0.5, 0.6) is 0 Å². The van der Waals surface area contributed by atoms with Gasteiger partial charge in [-0.15, -0.1) is 0 Å². The summed E-state index contributed by atoms with van der Waals surface area (Å²) in [7, 11) is -3.26. The molecule has 1 fully saturated rings. The number of furan rings is 1. The third-order valence-corrected chi connectivity index (χ3v) is 5.90. The number of nitrogens with one attached hydrogen (secondary N) is 1. The Balaban J connectivity index is 1.76. The molecule has 2 heterocycles. The van der Waals surface area contributed by atoms with Crippen molar-refractivity contribution < 1.29 is 17.6 Å². The molecule has 0 radical (unpaired) electrons. The van der Waals surface area contributed by atoms with Crippen molar-refractivity contribution in [3.63, 3.8) is 0 Å². The zero-order chi connectivity index (χ0) is 18.9. The van der Waals surface area contributed by atoms with E-state index < -0.39 is 10.0 Å². The second-order valence-corrected chi connectivity index (χ2v) is 9.01. The van der Waals surface area contributed by atoms with Gasteiger partial charge in [-0.2, -0.15) is 0 Å². The summed E-state index contributed by atoms with van der Waals surface area (Å²) in [6, 6.07) is 3.96. The second kappa shape index (κ2) is 7.40. The van der Waals surface area contributed by atoms with Gasteiger partial charge in [0.1, 0.15) is 5.58 Å². The minimum absolute atomic E-state index is 0.0194. The van der Waals surface area contributed by atoms with E-state index >= 15 is 0 Å². The summed E-state index contributed by atoms with van der Waals surface area (Å²) in [5.41, 5.74) is 3.97. The van der Waals surface area contributed by atoms with Crippen molar-refractivity contribution in [1.29, 1.82) is 0 Å². The van der Waals surface area contributed by atoms with Crippen LogP contribution in [0.3, 0.4) is 0 Å². The molecule has 0 aliphatic carbocycles. The van der Waals surface area contributed by atoms with E-state index in [4.69, 9.17) is 4.42 Å². The van der Waals surface area contributed by atoms with Crippen molar-refractivity contribution in [2.24, 2.45) is 0 Å². The molecule has 0 saturated carbocycles. The van der Waals surface area contributed by atoms with Gasteiger partial charge in [-0.05, 0) is 44.2 Å². The van der Waals surface area contributed by atoms with Crippen LogP contribution in [0.4, 0.5) is 0 Å². The standard InChI is InChI=1S/C19H26N2O4S/c1-13-7-8-17-15(12-25-19(17)14(13)2)10-18(22)21-9-5-4-6-16(21)11-20-26(3,23)24/h7-8,12,16,20H,4-6,9-11H2,1-3H3. The van der Waals surface area contributed by atoms with Crippen LogP contribution < -0.4 is 4.72 Å². The lowest BCUT2D eigenvalue weighted by atomic mass is 10.00. The molecule has 0 bridgehead atoms. The molecule has 1 aliphatic heterocycles. The summed E-state index contributed by atoms with van der Waals surface area (Å²) in [5.74, 6) is 0.0194. The van der Waals surface area contributed by atoms with Crippen LogP contribution in [0.15, 0.2) is 22.8 Å². The van der Waals surface area contributed by atoms with E-state index in [1.165, 1.54) is 0 Å². The largest absolute Gasteiger partial charge is 0.464 e. The van der Waals surface area contributed by atoms with Crippen molar-refractivity contribution in [2.75, 3.05) is 19.3 Å². The minimum Gasteiger partial charge on any atom is -0.464 e. The lowest BCUT2D eigenvalue weighted by Gasteiger charge is -2.35. The third-order valence-electron chi connectivity index (χ3n) is 5.21. The van der Waals surface area contributed by atoms with Gasteiger partial charge < -0.3 is 9.32 Å². The molecular weight excluding hydrogens is 352 g/mol. The van der Waals surface area contributed by atoms with E-state index in [0.29, 0.717) is 6.54 Å². The number of likely N-dealkylation sites (tertiary alicyclic amines) is 1. The first-order valence-electron chi connectivity index (χ1n) is 8.96. The molecule has 1 aromatic carbocycles. The number of hydrogen-bond acceptors (Lipinski definition) is 4. The van der Waals surface area contributed by atoms with E-state index in [2.05, 4.69) is 4.72 Å². The molecule has 7 heteroatoms. The summed E-state index contributed by atoms with van der Waals surface area (Å²) in [6.45, 7) is 5.00. The molecule has 1 aliphatic rings. The lowest BCUT2D eigenvalue weighted by molar-refractivity contribution is -0.133. The number of carbonyl (C=O) groups is 1. The monoisotopic (exact) mass is 378 g/mol. The number of aryl methyl sites for hydroxylation is 2. The number of amides is 1. The van der Waals surface area contributed by atoms with Crippen molar-refractivity contribution in [1.82, 2.24) is 9.62 Å². The summed E-state index contributed by atoms with van der Waals surface area (Å²) < 4.78 is 31.0. The Morgan fingerprint density at radius 1 is 1.31 bits per heavy atom. The lowest BCUT2D eigenvalue weighted by Crippen LogP contribution is -2.49. The van der Waals surface area contributed by atoms with Crippen LogP contribution in [0.25, 0.3) is 11.0 Å². The molecule has 6 nitrogen and oxygen atoms in total. The summed E-state index contributed by atoms with van der Waals surface area (Å²) in [5, 5.41) is 0.976. The van der Waals surface area contributed by atoms with Crippen molar-refractivity contribution in [2.45, 2.75) is 45.6 Å². The van der Waals surface area contributed by atoms with Gasteiger partial charge in [0, 0.05) is 30.1 Å². The number of carbonyl (C=O) groups excluding carboxylic acids is 1. The zero-order valence-electron chi connectivity index (χ0n) is 15.5. The summed E-state index contributed by atoms with van der Waals surface area (Å²) in [6.07, 6.45) is 5.86. The molecule has 142 valence electrons. The average Bonchev–Trinajstić information content (AvgIpc) is 2.99. The first-order chi connectivity index (χ1) is 12.3. The maximum atomic E-state index is 12.9. The minimum atomic E-state index is -3.26. The Kier molecular flexibility index (Phi) is 5.39. The molecule has 26 heavy (non-hydrogen) atoms. The molecule has 1 N–H and O–H groups in total. The number of benzene rings is 1. The Morgan fingerprint density at radius 2 is 2.08 bits per heavy atom. The highest BCUT2D eigenvalue weighted by Crippen LogP contribution is 2.27. The van der Waals surface area contributed by atoms with Gasteiger partial charge >= 0.3 is 0 Å². The Bertz CT molecular complexity index is 917. The van der Waals surface area contributed by atoms with Gasteiger partial charge in [0.15, 0.2) is 0 Å². The Hall–Kier alpha value is -1.86. The average molecular weight is 378 g/mol. The van der Waals surface area contributed by atoms with Gasteiger partial charge in [-0.25, -0.2) is 13.1 Å². The topological polar surface area (TPSA) is 79.6 Å². The highest BCUT2D eigenvalue weighted by Gasteiger charge is 2.28. The zero-order valence-corrected chi connectivity index (χ0v) is 16.4. The number of nitrogens with zero attached hydrogens (tertiary/aromatic N) is 1. The molecular formula is C19H26N2O4S. The van der Waals surface area contributed by atoms with Gasteiger partial charge in [0.25, 0.3) is 0 Å². The normalized spacial score (nSPS) is 18.4. The first-order valence-corrected chi connectivity index (χ1v) is 10.9. The Labute approximate surface area is 154 Å². The van der Waals surface area contributed by atoms with Crippen LogP contribution in [0.2, 0.25) is 0 Å². The molecule has 1 amide bonds. The SMILES string of the molecule is Cc1ccc2c(CC(=O)N3CCCCC3CNS(C)(=O)=O)coc2c1C. The first kappa shape index (κ1) is 18.9. The smallest absolute Gasteiger partial charge is 0.227 e. The molecule has 0 spiro atoms. The molecule has 1 saturated heterocycles. The fourth-order valence-electron chi connectivity index (χ4n) is 3.58. The fourth-order valence-corrected chi connectivity index (χ4v) is 4.07. The van der Waals surface area contributed by atoms with E-state index in [1.54, 1.807) is 6.26 Å². The van der Waals surface area contributed by atoms with Crippen LogP contribution in [-0.2, 0) is 21.2 Å². The van der Waals surface area contributed by atoms with Gasteiger partial charge in [-0.3, -0.25) is 4.79 Å². The van der Waals surface area contributed by atoms with E-state index in [0.717, 1.165) is 53.2 Å². The number of sulfonamides is 1. The van der Waals surface area contributed by atoms with E-state index in [-0.39, 0.29) is 24.9 Å². The maximum Gasteiger partial charge on any atom is 0.227 e. The van der Waals surface area contributed by atoms with Crippen molar-refractivity contribution in [3.8, 4) is 0 Å². The second-order valence-electron chi connectivity index (χ2n) is 7.18. The highest BCUT2D eigenvalue weighted by atomic mass is 32.2. The number of fused-ring (bicyclic) bond motifs is 1. The Morgan fingerprint density at radius 3 is 2.81 bits per heavy atom. The number of hydrogen-bond donors (Lipinski definition) is 1. The molecule has 2 aromatic rings. The van der Waals surface area contributed by atoms with Crippen molar-refractivity contribution >= 4 is 26.9 Å². The van der Waals surface area contributed by atoms with E-state index in [1.807, 2.05) is 30.9 Å². The quantitative estimate of drug-likeness (QED) is 0.867. The predicted molar refractivity (Wildman–Crippen MR) is 102 cm³/mol.